The van der Waals surface area contributed by atoms with Crippen molar-refractivity contribution in [2.45, 2.75) is 39.2 Å². The number of hydrogen-bond acceptors (Lipinski definition) is 1. The van der Waals surface area contributed by atoms with Crippen LogP contribution in [0.1, 0.15) is 37.8 Å². The third-order valence-electron chi connectivity index (χ3n) is 3.57. The third kappa shape index (κ3) is 1.73. The van der Waals surface area contributed by atoms with Crippen molar-refractivity contribution in [3.8, 4) is 0 Å². The van der Waals surface area contributed by atoms with Gasteiger partial charge in [-0.05, 0) is 26.3 Å². The lowest BCUT2D eigenvalue weighted by Gasteiger charge is -2.28. The molecule has 2 nitrogen and oxygen atoms in total. The van der Waals surface area contributed by atoms with Gasteiger partial charge in [0.25, 0.3) is 0 Å². The van der Waals surface area contributed by atoms with E-state index in [4.69, 9.17) is 0 Å². The quantitative estimate of drug-likeness (QED) is 0.769. The molecule has 1 aliphatic rings. The van der Waals surface area contributed by atoms with Crippen molar-refractivity contribution in [2.75, 3.05) is 0 Å². The Bertz CT molecular complexity index is 405. The minimum absolute atomic E-state index is 0.0534. The van der Waals surface area contributed by atoms with Gasteiger partial charge in [0.05, 0.1) is 0 Å². The summed E-state index contributed by atoms with van der Waals surface area (Å²) in [6, 6.07) is 8.50. The van der Waals surface area contributed by atoms with E-state index in [1.165, 1.54) is 11.1 Å². The van der Waals surface area contributed by atoms with Gasteiger partial charge in [0, 0.05) is 17.4 Å². The van der Waals surface area contributed by atoms with Crippen LogP contribution in [-0.4, -0.2) is 11.4 Å². The lowest BCUT2D eigenvalue weighted by atomic mass is 9.78. The summed E-state index contributed by atoms with van der Waals surface area (Å²) in [7, 11) is 0. The highest BCUT2D eigenvalue weighted by Crippen LogP contribution is 2.39. The van der Waals surface area contributed by atoms with Crippen LogP contribution in [0.25, 0.3) is 0 Å². The molecule has 1 unspecified atom stereocenters. The number of hydrogen-bond donors (Lipinski definition) is 1. The zero-order valence-corrected chi connectivity index (χ0v) is 10.4. The van der Waals surface area contributed by atoms with Gasteiger partial charge < -0.3 is 5.32 Å². The molecule has 16 heavy (non-hydrogen) atoms. The number of benzene rings is 1. The summed E-state index contributed by atoms with van der Waals surface area (Å²) in [5.74, 6) is 0.480. The van der Waals surface area contributed by atoms with E-state index in [0.29, 0.717) is 0 Å². The van der Waals surface area contributed by atoms with Crippen LogP contribution in [0.15, 0.2) is 24.3 Å². The minimum atomic E-state index is -0.147. The normalized spacial score (nSPS) is 27.9. The maximum atomic E-state index is 11.7. The average molecular weight is 217 g/mol. The molecule has 0 radical (unpaired) electrons. The molecule has 1 aliphatic heterocycles. The molecule has 0 aliphatic carbocycles. The Morgan fingerprint density at radius 3 is 2.19 bits per heavy atom. The SMILES string of the molecule is Cc1ccc(C2[C@H](C)C(=O)NC2(C)C)cc1. The fraction of sp³-hybridized carbons (Fsp3) is 0.500. The van der Waals surface area contributed by atoms with Crippen molar-refractivity contribution in [1.29, 1.82) is 0 Å². The average Bonchev–Trinajstić information content (AvgIpc) is 2.39. The zero-order valence-electron chi connectivity index (χ0n) is 10.4. The smallest absolute Gasteiger partial charge is 0.223 e. The lowest BCUT2D eigenvalue weighted by molar-refractivity contribution is -0.122. The molecule has 2 atom stereocenters. The highest BCUT2D eigenvalue weighted by molar-refractivity contribution is 5.83. The summed E-state index contributed by atoms with van der Waals surface area (Å²) in [5, 5.41) is 3.07. The molecule has 1 fully saturated rings. The van der Waals surface area contributed by atoms with Crippen LogP contribution >= 0.6 is 0 Å². The van der Waals surface area contributed by atoms with Crippen molar-refractivity contribution in [2.24, 2.45) is 5.92 Å². The molecule has 1 saturated heterocycles. The van der Waals surface area contributed by atoms with Crippen LogP contribution < -0.4 is 5.32 Å². The van der Waals surface area contributed by atoms with E-state index >= 15 is 0 Å². The molecule has 0 spiro atoms. The first-order valence-electron chi connectivity index (χ1n) is 5.80. The van der Waals surface area contributed by atoms with Crippen LogP contribution in [0.4, 0.5) is 0 Å². The Balaban J connectivity index is 2.39. The molecular formula is C14H19NO. The van der Waals surface area contributed by atoms with Gasteiger partial charge in [-0.3, -0.25) is 4.79 Å². The first kappa shape index (κ1) is 11.2. The van der Waals surface area contributed by atoms with Gasteiger partial charge in [0.2, 0.25) is 5.91 Å². The molecule has 2 heteroatoms. The molecular weight excluding hydrogens is 198 g/mol. The fourth-order valence-corrected chi connectivity index (χ4v) is 2.76. The van der Waals surface area contributed by atoms with Crippen molar-refractivity contribution in [3.63, 3.8) is 0 Å². The van der Waals surface area contributed by atoms with Crippen LogP contribution in [-0.2, 0) is 4.79 Å². The summed E-state index contributed by atoms with van der Waals surface area (Å²) in [6.45, 7) is 8.28. The first-order valence-corrected chi connectivity index (χ1v) is 5.80. The Morgan fingerprint density at radius 2 is 1.75 bits per heavy atom. The molecule has 1 N–H and O–H groups in total. The number of carbonyl (C=O) groups excluding carboxylic acids is 1. The molecule has 0 saturated carbocycles. The largest absolute Gasteiger partial charge is 0.350 e. The Hall–Kier alpha value is -1.31. The summed E-state index contributed by atoms with van der Waals surface area (Å²) in [6.07, 6.45) is 0. The molecule has 2 rings (SSSR count). The third-order valence-corrected chi connectivity index (χ3v) is 3.57. The number of amides is 1. The predicted molar refractivity (Wildman–Crippen MR) is 65.3 cm³/mol. The van der Waals surface area contributed by atoms with Crippen LogP contribution in [0.3, 0.4) is 0 Å². The van der Waals surface area contributed by atoms with Crippen molar-refractivity contribution >= 4 is 5.91 Å². The zero-order chi connectivity index (χ0) is 11.9. The monoisotopic (exact) mass is 217 g/mol. The van der Waals surface area contributed by atoms with E-state index < -0.39 is 0 Å². The van der Waals surface area contributed by atoms with Gasteiger partial charge in [0.1, 0.15) is 0 Å². The maximum Gasteiger partial charge on any atom is 0.223 e. The number of carbonyl (C=O) groups is 1. The highest BCUT2D eigenvalue weighted by atomic mass is 16.2. The Morgan fingerprint density at radius 1 is 1.19 bits per heavy atom. The predicted octanol–water partition coefficient (Wildman–Crippen LogP) is 2.62. The minimum Gasteiger partial charge on any atom is -0.350 e. The molecule has 1 aromatic carbocycles. The molecule has 1 aromatic rings. The second-order valence-corrected chi connectivity index (χ2v) is 5.39. The molecule has 0 aromatic heterocycles. The van der Waals surface area contributed by atoms with E-state index in [-0.39, 0.29) is 23.3 Å². The maximum absolute atomic E-state index is 11.7. The number of nitrogens with one attached hydrogen (secondary N) is 1. The standard InChI is InChI=1S/C14H19NO/c1-9-5-7-11(8-6-9)12-10(2)13(16)15-14(12,3)4/h5-8,10,12H,1-4H3,(H,15,16)/t10-,12?/m0/s1. The summed E-state index contributed by atoms with van der Waals surface area (Å²) in [4.78, 5) is 11.7. The van der Waals surface area contributed by atoms with Crippen molar-refractivity contribution in [3.05, 3.63) is 35.4 Å². The van der Waals surface area contributed by atoms with Gasteiger partial charge in [0.15, 0.2) is 0 Å². The Labute approximate surface area is 97.1 Å². The van der Waals surface area contributed by atoms with Gasteiger partial charge >= 0.3 is 0 Å². The molecule has 0 bridgehead atoms. The molecule has 1 heterocycles. The van der Waals surface area contributed by atoms with Crippen LogP contribution in [0, 0.1) is 12.8 Å². The topological polar surface area (TPSA) is 29.1 Å². The van der Waals surface area contributed by atoms with Gasteiger partial charge in [-0.1, -0.05) is 36.8 Å². The van der Waals surface area contributed by atoms with E-state index in [9.17, 15) is 4.79 Å². The summed E-state index contributed by atoms with van der Waals surface area (Å²) < 4.78 is 0. The van der Waals surface area contributed by atoms with E-state index in [1.54, 1.807) is 0 Å². The fourth-order valence-electron chi connectivity index (χ4n) is 2.76. The van der Waals surface area contributed by atoms with Gasteiger partial charge in [-0.2, -0.15) is 0 Å². The first-order chi connectivity index (χ1) is 7.42. The van der Waals surface area contributed by atoms with Crippen LogP contribution in [0.2, 0.25) is 0 Å². The van der Waals surface area contributed by atoms with E-state index in [2.05, 4.69) is 50.4 Å². The molecule has 1 amide bonds. The summed E-state index contributed by atoms with van der Waals surface area (Å²) >= 11 is 0. The Kier molecular flexibility index (Phi) is 2.53. The number of rotatable bonds is 1. The highest BCUT2D eigenvalue weighted by Gasteiger charge is 2.45. The number of aryl methyl sites for hydroxylation is 1. The van der Waals surface area contributed by atoms with Crippen molar-refractivity contribution < 1.29 is 4.79 Å². The second-order valence-electron chi connectivity index (χ2n) is 5.39. The van der Waals surface area contributed by atoms with Gasteiger partial charge in [-0.15, -0.1) is 0 Å². The second kappa shape index (κ2) is 3.62. The molecule has 86 valence electrons. The van der Waals surface area contributed by atoms with Gasteiger partial charge in [-0.25, -0.2) is 0 Å². The van der Waals surface area contributed by atoms with Crippen LogP contribution in [0.5, 0.6) is 0 Å². The van der Waals surface area contributed by atoms with E-state index in [1.807, 2.05) is 6.92 Å². The van der Waals surface area contributed by atoms with E-state index in [0.717, 1.165) is 0 Å². The summed E-state index contributed by atoms with van der Waals surface area (Å²) in [5.41, 5.74) is 2.36. The lowest BCUT2D eigenvalue weighted by Crippen LogP contribution is -2.38. The van der Waals surface area contributed by atoms with Crippen molar-refractivity contribution in [1.82, 2.24) is 5.32 Å².